The van der Waals surface area contributed by atoms with Crippen molar-refractivity contribution in [1.82, 2.24) is 0 Å². The number of hydrogen-bond donors (Lipinski definition) is 2. The SMILES string of the molecule is CC(C)=CCC/C(C)=C/CC/C(C)=C/CC[C@]1(C)CCc2c(CO)c(O)cc(C)c2O1. The maximum absolute atomic E-state index is 10.1. The molecule has 0 bridgehead atoms. The molecule has 0 aliphatic carbocycles. The van der Waals surface area contributed by atoms with E-state index in [1.807, 2.05) is 6.92 Å². The van der Waals surface area contributed by atoms with E-state index >= 15 is 0 Å². The summed E-state index contributed by atoms with van der Waals surface area (Å²) in [5, 5.41) is 19.8. The van der Waals surface area contributed by atoms with Gasteiger partial charge in [0.2, 0.25) is 0 Å². The molecule has 0 aromatic heterocycles. The molecule has 0 unspecified atom stereocenters. The molecule has 2 N–H and O–H groups in total. The van der Waals surface area contributed by atoms with Crippen molar-refractivity contribution < 1.29 is 14.9 Å². The second-order valence-corrected chi connectivity index (χ2v) is 9.71. The number of aryl methyl sites for hydroxylation is 1. The number of allylic oxidation sites excluding steroid dienone is 6. The van der Waals surface area contributed by atoms with E-state index in [9.17, 15) is 10.2 Å². The minimum Gasteiger partial charge on any atom is -0.508 e. The molecule has 1 heterocycles. The van der Waals surface area contributed by atoms with Crippen LogP contribution in [0.1, 0.15) is 96.3 Å². The first-order valence-electron chi connectivity index (χ1n) is 11.7. The number of benzene rings is 1. The molecule has 0 fully saturated rings. The average molecular weight is 427 g/mol. The van der Waals surface area contributed by atoms with Crippen LogP contribution in [-0.4, -0.2) is 15.8 Å². The second kappa shape index (κ2) is 11.6. The lowest BCUT2D eigenvalue weighted by molar-refractivity contribution is 0.0553. The Hall–Kier alpha value is -2.00. The molecule has 0 amide bonds. The standard InChI is InChI=1S/C28H42O3/c1-20(2)10-7-11-21(3)12-8-13-22(4)14-9-16-28(6)17-15-24-25(19-29)26(30)18-23(5)27(24)31-28/h10,12,14,18,29-30H,7-9,11,13,15-17,19H2,1-6H3/b21-12+,22-14+/t28-/m1/s1. The predicted octanol–water partition coefficient (Wildman–Crippen LogP) is 7.48. The third-order valence-corrected chi connectivity index (χ3v) is 6.36. The van der Waals surface area contributed by atoms with Gasteiger partial charge >= 0.3 is 0 Å². The van der Waals surface area contributed by atoms with Gasteiger partial charge in [0.25, 0.3) is 0 Å². The molecule has 3 nitrogen and oxygen atoms in total. The number of ether oxygens (including phenoxy) is 1. The zero-order chi connectivity index (χ0) is 23.0. The van der Waals surface area contributed by atoms with Crippen LogP contribution in [0.5, 0.6) is 11.5 Å². The van der Waals surface area contributed by atoms with Crippen LogP contribution in [0.3, 0.4) is 0 Å². The number of phenols is 1. The molecular weight excluding hydrogens is 384 g/mol. The first-order valence-corrected chi connectivity index (χ1v) is 11.7. The molecule has 3 heteroatoms. The molecule has 1 aromatic rings. The van der Waals surface area contributed by atoms with Crippen LogP contribution in [0.15, 0.2) is 41.0 Å². The van der Waals surface area contributed by atoms with Crippen LogP contribution < -0.4 is 4.74 Å². The Morgan fingerprint density at radius 1 is 1.03 bits per heavy atom. The minimum absolute atomic E-state index is 0.153. The molecule has 2 rings (SSSR count). The van der Waals surface area contributed by atoms with Gasteiger partial charge in [-0.25, -0.2) is 0 Å². The molecular formula is C28H42O3. The van der Waals surface area contributed by atoms with Crippen molar-refractivity contribution in [3.63, 3.8) is 0 Å². The largest absolute Gasteiger partial charge is 0.508 e. The van der Waals surface area contributed by atoms with Crippen molar-refractivity contribution in [2.45, 2.75) is 105 Å². The van der Waals surface area contributed by atoms with Crippen molar-refractivity contribution in [2.75, 3.05) is 0 Å². The monoisotopic (exact) mass is 426 g/mol. The van der Waals surface area contributed by atoms with Gasteiger partial charge in [-0.2, -0.15) is 0 Å². The highest BCUT2D eigenvalue weighted by atomic mass is 16.5. The van der Waals surface area contributed by atoms with Crippen LogP contribution in [0, 0.1) is 6.92 Å². The van der Waals surface area contributed by atoms with Gasteiger partial charge in [-0.1, -0.05) is 34.9 Å². The van der Waals surface area contributed by atoms with Gasteiger partial charge in [0.1, 0.15) is 17.1 Å². The molecule has 0 saturated heterocycles. The molecule has 0 saturated carbocycles. The Kier molecular flexibility index (Phi) is 9.43. The predicted molar refractivity (Wildman–Crippen MR) is 131 cm³/mol. The van der Waals surface area contributed by atoms with Crippen LogP contribution in [-0.2, 0) is 13.0 Å². The normalized spacial score (nSPS) is 19.1. The molecule has 1 atom stereocenters. The molecule has 1 aliphatic heterocycles. The highest BCUT2D eigenvalue weighted by Crippen LogP contribution is 2.42. The van der Waals surface area contributed by atoms with Gasteiger partial charge in [-0.3, -0.25) is 0 Å². The van der Waals surface area contributed by atoms with Gasteiger partial charge in [-0.05, 0) is 105 Å². The van der Waals surface area contributed by atoms with E-state index in [0.29, 0.717) is 5.56 Å². The Morgan fingerprint density at radius 3 is 2.26 bits per heavy atom. The lowest BCUT2D eigenvalue weighted by atomic mass is 9.85. The summed E-state index contributed by atoms with van der Waals surface area (Å²) in [6.45, 7) is 12.8. The topological polar surface area (TPSA) is 49.7 Å². The molecule has 0 radical (unpaired) electrons. The lowest BCUT2D eigenvalue weighted by Crippen LogP contribution is -2.37. The van der Waals surface area contributed by atoms with E-state index < -0.39 is 0 Å². The van der Waals surface area contributed by atoms with E-state index in [1.165, 1.54) is 16.7 Å². The zero-order valence-corrected chi connectivity index (χ0v) is 20.5. The van der Waals surface area contributed by atoms with Crippen molar-refractivity contribution in [3.05, 3.63) is 57.7 Å². The Balaban J connectivity index is 1.86. The van der Waals surface area contributed by atoms with Gasteiger partial charge in [0, 0.05) is 11.1 Å². The number of rotatable bonds is 10. The molecule has 1 aliphatic rings. The maximum Gasteiger partial charge on any atom is 0.126 e. The van der Waals surface area contributed by atoms with E-state index in [4.69, 9.17) is 4.74 Å². The van der Waals surface area contributed by atoms with E-state index in [-0.39, 0.29) is 18.0 Å². The fraction of sp³-hybridized carbons (Fsp3) is 0.571. The van der Waals surface area contributed by atoms with Gasteiger partial charge < -0.3 is 14.9 Å². The minimum atomic E-state index is -0.209. The summed E-state index contributed by atoms with van der Waals surface area (Å²) < 4.78 is 6.43. The van der Waals surface area contributed by atoms with Crippen molar-refractivity contribution in [3.8, 4) is 11.5 Å². The van der Waals surface area contributed by atoms with E-state index in [2.05, 4.69) is 52.8 Å². The summed E-state index contributed by atoms with van der Waals surface area (Å²) >= 11 is 0. The summed E-state index contributed by atoms with van der Waals surface area (Å²) in [6.07, 6.45) is 15.3. The molecule has 172 valence electrons. The number of aromatic hydroxyl groups is 1. The summed E-state index contributed by atoms with van der Waals surface area (Å²) in [6, 6.07) is 1.70. The lowest BCUT2D eigenvalue weighted by Gasteiger charge is -2.37. The summed E-state index contributed by atoms with van der Waals surface area (Å²) in [5.41, 5.74) is 6.63. The molecule has 0 spiro atoms. The summed E-state index contributed by atoms with van der Waals surface area (Å²) in [5.74, 6) is 1.02. The van der Waals surface area contributed by atoms with Gasteiger partial charge in [-0.15, -0.1) is 0 Å². The van der Waals surface area contributed by atoms with E-state index in [1.54, 1.807) is 6.07 Å². The van der Waals surface area contributed by atoms with Crippen LogP contribution >= 0.6 is 0 Å². The third-order valence-electron chi connectivity index (χ3n) is 6.36. The fourth-order valence-electron chi connectivity index (χ4n) is 4.30. The average Bonchev–Trinajstić information content (AvgIpc) is 2.68. The molecule has 1 aromatic carbocycles. The Morgan fingerprint density at radius 2 is 1.65 bits per heavy atom. The van der Waals surface area contributed by atoms with Crippen LogP contribution in [0.2, 0.25) is 0 Å². The highest BCUT2D eigenvalue weighted by molar-refractivity contribution is 5.53. The highest BCUT2D eigenvalue weighted by Gasteiger charge is 2.33. The first kappa shape index (κ1) is 25.3. The second-order valence-electron chi connectivity index (χ2n) is 9.71. The number of fused-ring (bicyclic) bond motifs is 1. The van der Waals surface area contributed by atoms with Gasteiger partial charge in [0.15, 0.2) is 0 Å². The Labute approximate surface area is 189 Å². The Bertz CT molecular complexity index is 840. The van der Waals surface area contributed by atoms with Crippen molar-refractivity contribution >= 4 is 0 Å². The number of hydrogen-bond acceptors (Lipinski definition) is 3. The first-order chi connectivity index (χ1) is 14.6. The van der Waals surface area contributed by atoms with E-state index in [0.717, 1.165) is 68.2 Å². The quantitative estimate of drug-likeness (QED) is 0.381. The summed E-state index contributed by atoms with van der Waals surface area (Å²) in [7, 11) is 0. The van der Waals surface area contributed by atoms with Crippen molar-refractivity contribution in [2.24, 2.45) is 0 Å². The smallest absolute Gasteiger partial charge is 0.126 e. The maximum atomic E-state index is 10.1. The number of aliphatic hydroxyl groups is 1. The number of aliphatic hydroxyl groups excluding tert-OH is 1. The van der Waals surface area contributed by atoms with Crippen molar-refractivity contribution in [1.29, 1.82) is 0 Å². The summed E-state index contributed by atoms with van der Waals surface area (Å²) in [4.78, 5) is 0. The van der Waals surface area contributed by atoms with Crippen LogP contribution in [0.25, 0.3) is 0 Å². The zero-order valence-electron chi connectivity index (χ0n) is 20.5. The van der Waals surface area contributed by atoms with Gasteiger partial charge in [0.05, 0.1) is 6.61 Å². The third kappa shape index (κ3) is 7.57. The van der Waals surface area contributed by atoms with Crippen LogP contribution in [0.4, 0.5) is 0 Å². The fourth-order valence-corrected chi connectivity index (χ4v) is 4.30. The molecule has 31 heavy (non-hydrogen) atoms.